The van der Waals surface area contributed by atoms with Crippen LogP contribution in [0.5, 0.6) is 5.75 Å². The molecule has 0 unspecified atom stereocenters. The summed E-state index contributed by atoms with van der Waals surface area (Å²) in [7, 11) is 0. The number of aliphatic imine (C=N–C) groups is 1. The van der Waals surface area contributed by atoms with Crippen LogP contribution in [0.3, 0.4) is 0 Å². The first-order valence-corrected chi connectivity index (χ1v) is 8.80. The predicted molar refractivity (Wildman–Crippen MR) is 104 cm³/mol. The second-order valence-corrected chi connectivity index (χ2v) is 6.22. The molecule has 0 saturated carbocycles. The second-order valence-electron chi connectivity index (χ2n) is 5.20. The van der Waals surface area contributed by atoms with Crippen molar-refractivity contribution in [2.24, 2.45) is 4.99 Å². The Balaban J connectivity index is 1.77. The molecule has 0 atom stereocenters. The zero-order valence-corrected chi connectivity index (χ0v) is 14.6. The Labute approximate surface area is 151 Å². The van der Waals surface area contributed by atoms with Gasteiger partial charge in [-0.2, -0.15) is 0 Å². The van der Waals surface area contributed by atoms with Crippen LogP contribution in [-0.4, -0.2) is 17.7 Å². The molecule has 0 spiro atoms. The molecule has 0 bridgehead atoms. The van der Waals surface area contributed by atoms with E-state index >= 15 is 0 Å². The second kappa shape index (κ2) is 8.35. The lowest BCUT2D eigenvalue weighted by molar-refractivity contribution is 0.265. The molecule has 1 N–H and O–H groups in total. The zero-order valence-electron chi connectivity index (χ0n) is 13.8. The molecule has 25 heavy (non-hydrogen) atoms. The van der Waals surface area contributed by atoms with Crippen LogP contribution < -0.4 is 10.1 Å². The van der Waals surface area contributed by atoms with Gasteiger partial charge in [-0.1, -0.05) is 42.5 Å². The van der Waals surface area contributed by atoms with E-state index in [0.717, 1.165) is 33.7 Å². The van der Waals surface area contributed by atoms with Gasteiger partial charge in [0, 0.05) is 0 Å². The Bertz CT molecular complexity index is 825. The van der Waals surface area contributed by atoms with Crippen molar-refractivity contribution in [1.82, 2.24) is 5.32 Å². The van der Waals surface area contributed by atoms with Gasteiger partial charge in [0.1, 0.15) is 11.6 Å². The normalized spacial score (nSPS) is 17.4. The maximum atomic E-state index is 11.7. The summed E-state index contributed by atoms with van der Waals surface area (Å²) < 4.78 is 5.42. The molecule has 0 aromatic heterocycles. The molecule has 4 nitrogen and oxygen atoms in total. The van der Waals surface area contributed by atoms with Gasteiger partial charge in [0.25, 0.3) is 5.24 Å². The summed E-state index contributed by atoms with van der Waals surface area (Å²) in [6, 6.07) is 17.5. The van der Waals surface area contributed by atoms with E-state index in [1.165, 1.54) is 0 Å². The summed E-state index contributed by atoms with van der Waals surface area (Å²) in [5, 5.41) is 2.66. The number of allylic oxidation sites excluding steroid dienone is 2. The van der Waals surface area contributed by atoms with Gasteiger partial charge in [0.15, 0.2) is 0 Å². The molecule has 0 aliphatic carbocycles. The van der Waals surface area contributed by atoms with Gasteiger partial charge in [-0.25, -0.2) is 4.99 Å². The molecular weight excluding hydrogens is 332 g/mol. The van der Waals surface area contributed by atoms with Crippen LogP contribution in [0.4, 0.5) is 10.5 Å². The Morgan fingerprint density at radius 3 is 2.60 bits per heavy atom. The van der Waals surface area contributed by atoms with Crippen LogP contribution in [0.1, 0.15) is 12.5 Å². The Kier molecular flexibility index (Phi) is 5.69. The Morgan fingerprint density at radius 2 is 1.88 bits per heavy atom. The molecule has 1 aliphatic rings. The monoisotopic (exact) mass is 350 g/mol. The zero-order chi connectivity index (χ0) is 17.5. The molecular formula is C20H18N2O2S. The molecule has 1 saturated heterocycles. The highest BCUT2D eigenvalue weighted by Gasteiger charge is 2.22. The Morgan fingerprint density at radius 1 is 1.12 bits per heavy atom. The van der Waals surface area contributed by atoms with Gasteiger partial charge in [-0.15, -0.1) is 0 Å². The van der Waals surface area contributed by atoms with Gasteiger partial charge in [0.05, 0.1) is 17.2 Å². The number of benzene rings is 2. The number of nitrogens with one attached hydrogen (secondary N) is 1. The van der Waals surface area contributed by atoms with Crippen molar-refractivity contribution in [3.05, 3.63) is 77.2 Å². The first kappa shape index (κ1) is 17.0. The fourth-order valence-corrected chi connectivity index (χ4v) is 2.94. The molecule has 1 fully saturated rings. The highest BCUT2D eigenvalue weighted by Crippen LogP contribution is 2.27. The van der Waals surface area contributed by atoms with Crippen molar-refractivity contribution in [2.45, 2.75) is 6.92 Å². The summed E-state index contributed by atoms with van der Waals surface area (Å²) in [4.78, 5) is 17.0. The quantitative estimate of drug-likeness (QED) is 0.809. The number of thioether (sulfide) groups is 1. The van der Waals surface area contributed by atoms with Crippen LogP contribution in [0.15, 0.2) is 76.6 Å². The van der Waals surface area contributed by atoms with Crippen LogP contribution in [-0.2, 0) is 0 Å². The van der Waals surface area contributed by atoms with Crippen LogP contribution in [0, 0.1) is 0 Å². The summed E-state index contributed by atoms with van der Waals surface area (Å²) in [6.45, 7) is 2.57. The molecule has 2 aromatic rings. The molecule has 3 rings (SSSR count). The van der Waals surface area contributed by atoms with E-state index < -0.39 is 0 Å². The number of amides is 1. The van der Waals surface area contributed by atoms with E-state index in [1.54, 1.807) is 0 Å². The van der Waals surface area contributed by atoms with E-state index in [2.05, 4.69) is 10.3 Å². The molecule has 1 heterocycles. The number of amidine groups is 1. The smallest absolute Gasteiger partial charge is 0.289 e. The van der Waals surface area contributed by atoms with Crippen molar-refractivity contribution < 1.29 is 9.53 Å². The molecule has 0 radical (unpaired) electrons. The third-order valence-electron chi connectivity index (χ3n) is 3.38. The number of carbonyl (C=O) groups is 1. The molecule has 1 aliphatic heterocycles. The van der Waals surface area contributed by atoms with Gasteiger partial charge in [0.2, 0.25) is 0 Å². The fraction of sp³-hybridized carbons (Fsp3) is 0.100. The van der Waals surface area contributed by atoms with Crippen molar-refractivity contribution in [1.29, 1.82) is 0 Å². The number of hydrogen-bond acceptors (Lipinski definition) is 4. The van der Waals surface area contributed by atoms with E-state index in [-0.39, 0.29) is 5.24 Å². The lowest BCUT2D eigenvalue weighted by atomic mass is 10.2. The highest BCUT2D eigenvalue weighted by atomic mass is 32.2. The molecule has 126 valence electrons. The average Bonchev–Trinajstić information content (AvgIpc) is 2.97. The maximum Gasteiger partial charge on any atom is 0.289 e. The average molecular weight is 350 g/mol. The van der Waals surface area contributed by atoms with Gasteiger partial charge in [-0.3, -0.25) is 4.79 Å². The van der Waals surface area contributed by atoms with Gasteiger partial charge < -0.3 is 10.1 Å². The predicted octanol–water partition coefficient (Wildman–Crippen LogP) is 5.17. The van der Waals surface area contributed by atoms with Crippen LogP contribution in [0.2, 0.25) is 0 Å². The Hall–Kier alpha value is -2.79. The van der Waals surface area contributed by atoms with Crippen molar-refractivity contribution >= 4 is 34.6 Å². The van der Waals surface area contributed by atoms with E-state index in [9.17, 15) is 4.79 Å². The van der Waals surface area contributed by atoms with Crippen molar-refractivity contribution in [3.8, 4) is 5.75 Å². The van der Waals surface area contributed by atoms with E-state index in [4.69, 9.17) is 4.74 Å². The first-order valence-electron chi connectivity index (χ1n) is 7.99. The van der Waals surface area contributed by atoms with Crippen LogP contribution in [0.25, 0.3) is 6.08 Å². The third kappa shape index (κ3) is 4.84. The summed E-state index contributed by atoms with van der Waals surface area (Å²) in [5.74, 6) is 1.37. The number of nitrogens with zero attached hydrogens (tertiary/aromatic N) is 1. The lowest BCUT2D eigenvalue weighted by Gasteiger charge is -2.03. The standard InChI is InChI=1S/C20H18N2O2S/c1-2-24-17-13-11-16(12-14-17)21-19-18(25-20(23)22-19)10-6-9-15-7-4-3-5-8-15/h3-14H,2H2,1H3,(H,21,22,23)/b9-6+,18-10?. The molecule has 5 heteroatoms. The van der Waals surface area contributed by atoms with Crippen LogP contribution >= 0.6 is 11.8 Å². The number of ether oxygens (including phenoxy) is 1. The third-order valence-corrected chi connectivity index (χ3v) is 4.22. The molecule has 2 aromatic carbocycles. The van der Waals surface area contributed by atoms with Crippen molar-refractivity contribution in [3.63, 3.8) is 0 Å². The lowest BCUT2D eigenvalue weighted by Crippen LogP contribution is -2.18. The number of rotatable bonds is 5. The van der Waals surface area contributed by atoms with Crippen molar-refractivity contribution in [2.75, 3.05) is 6.61 Å². The topological polar surface area (TPSA) is 50.7 Å². The minimum absolute atomic E-state index is 0.121. The minimum Gasteiger partial charge on any atom is -0.494 e. The van der Waals surface area contributed by atoms with E-state index in [1.807, 2.05) is 79.7 Å². The first-order chi connectivity index (χ1) is 12.2. The minimum atomic E-state index is -0.121. The fourth-order valence-electron chi connectivity index (χ4n) is 2.25. The molecule has 1 amide bonds. The van der Waals surface area contributed by atoms with Gasteiger partial charge in [-0.05, 0) is 54.6 Å². The highest BCUT2D eigenvalue weighted by molar-refractivity contribution is 8.18. The number of carbonyl (C=O) groups excluding carboxylic acids is 1. The van der Waals surface area contributed by atoms with Gasteiger partial charge >= 0.3 is 0 Å². The largest absolute Gasteiger partial charge is 0.494 e. The maximum absolute atomic E-state index is 11.7. The van der Waals surface area contributed by atoms with E-state index in [0.29, 0.717) is 12.4 Å². The summed E-state index contributed by atoms with van der Waals surface area (Å²) in [6.07, 6.45) is 5.81. The SMILES string of the molecule is CCOc1ccc(N=C2NC(=O)SC2=C/C=C/c2ccccc2)cc1. The summed E-state index contributed by atoms with van der Waals surface area (Å²) >= 11 is 1.14. The number of hydrogen-bond donors (Lipinski definition) is 1. The summed E-state index contributed by atoms with van der Waals surface area (Å²) in [5.41, 5.74) is 1.87.